The zero-order valence-electron chi connectivity index (χ0n) is 14.1. The van der Waals surface area contributed by atoms with Crippen LogP contribution in [-0.4, -0.2) is 19.8 Å². The Labute approximate surface area is 162 Å². The molecule has 3 rings (SSSR count). The first-order chi connectivity index (χ1) is 11.7. The van der Waals surface area contributed by atoms with E-state index in [9.17, 15) is 8.42 Å². The fourth-order valence-corrected chi connectivity index (χ4v) is 6.07. The lowest BCUT2D eigenvalue weighted by Crippen LogP contribution is -2.42. The Hall–Kier alpha value is -0.880. The largest absolute Gasteiger partial charge is 0.373 e. The molecule has 1 aliphatic rings. The van der Waals surface area contributed by atoms with Gasteiger partial charge >= 0.3 is 0 Å². The number of aryl methyl sites for hydroxylation is 1. The van der Waals surface area contributed by atoms with Gasteiger partial charge in [-0.25, -0.2) is 8.42 Å². The lowest BCUT2D eigenvalue weighted by molar-refractivity contribution is -0.0000936. The van der Waals surface area contributed by atoms with Gasteiger partial charge in [0.25, 0.3) is 0 Å². The summed E-state index contributed by atoms with van der Waals surface area (Å²) < 4.78 is 32.4. The maximum Gasteiger partial charge on any atom is 0.184 e. The lowest BCUT2D eigenvalue weighted by Gasteiger charge is -2.38. The number of benzene rings is 2. The normalized spacial score (nSPS) is 24.2. The smallest absolute Gasteiger partial charge is 0.184 e. The van der Waals surface area contributed by atoms with E-state index in [1.165, 1.54) is 0 Å². The van der Waals surface area contributed by atoms with Gasteiger partial charge in [0.15, 0.2) is 9.84 Å². The average molecular weight is 444 g/mol. The van der Waals surface area contributed by atoms with Gasteiger partial charge in [0, 0.05) is 16.1 Å². The monoisotopic (exact) mass is 442 g/mol. The van der Waals surface area contributed by atoms with Crippen LogP contribution in [0, 0.1) is 6.92 Å². The summed E-state index contributed by atoms with van der Waals surface area (Å²) in [5.74, 6) is 0. The molecule has 0 bridgehead atoms. The highest BCUT2D eigenvalue weighted by Gasteiger charge is 2.45. The molecule has 0 aliphatic carbocycles. The second kappa shape index (κ2) is 7.03. The zero-order valence-corrected chi connectivity index (χ0v) is 17.3. The van der Waals surface area contributed by atoms with Gasteiger partial charge in [-0.2, -0.15) is 0 Å². The maximum absolute atomic E-state index is 13.3. The molecular weight excluding hydrogens is 424 g/mol. The first-order valence-electron chi connectivity index (χ1n) is 8.11. The summed E-state index contributed by atoms with van der Waals surface area (Å²) in [5.41, 5.74) is 1.86. The molecule has 2 aromatic rings. The van der Waals surface area contributed by atoms with Gasteiger partial charge in [-0.15, -0.1) is 0 Å². The second-order valence-corrected chi connectivity index (χ2v) is 10.5. The first kappa shape index (κ1) is 18.9. The number of hydrogen-bond donors (Lipinski definition) is 0. The third-order valence-corrected chi connectivity index (χ3v) is 8.29. The zero-order chi connectivity index (χ0) is 18.2. The van der Waals surface area contributed by atoms with Gasteiger partial charge in [0.2, 0.25) is 0 Å². The fourth-order valence-electron chi connectivity index (χ4n) is 3.24. The number of halogens is 2. The molecular formula is C19H20BrClO3S. The Morgan fingerprint density at radius 3 is 2.68 bits per heavy atom. The SMILES string of the molecule is Cc1cccc(S(=O)(=O)C2(C)CCOC(c3ccc(Cl)cc3Br)C2)c1. The van der Waals surface area contributed by atoms with E-state index >= 15 is 0 Å². The van der Waals surface area contributed by atoms with Gasteiger partial charge in [0.1, 0.15) is 0 Å². The van der Waals surface area contributed by atoms with Crippen LogP contribution in [0.5, 0.6) is 0 Å². The summed E-state index contributed by atoms with van der Waals surface area (Å²) in [6, 6.07) is 12.6. The Morgan fingerprint density at radius 2 is 2.00 bits per heavy atom. The Bertz CT molecular complexity index is 897. The number of ether oxygens (including phenoxy) is 1. The van der Waals surface area contributed by atoms with Crippen LogP contribution in [0.3, 0.4) is 0 Å². The molecule has 2 atom stereocenters. The Morgan fingerprint density at radius 1 is 1.24 bits per heavy atom. The molecule has 25 heavy (non-hydrogen) atoms. The van der Waals surface area contributed by atoms with Crippen molar-refractivity contribution >= 4 is 37.4 Å². The molecule has 0 saturated carbocycles. The van der Waals surface area contributed by atoms with Crippen LogP contribution in [0.25, 0.3) is 0 Å². The summed E-state index contributed by atoms with van der Waals surface area (Å²) in [6.07, 6.45) is 0.596. The van der Waals surface area contributed by atoms with Gasteiger partial charge in [0.05, 0.1) is 15.7 Å². The second-order valence-electron chi connectivity index (χ2n) is 6.75. The van der Waals surface area contributed by atoms with Crippen molar-refractivity contribution in [1.29, 1.82) is 0 Å². The molecule has 1 fully saturated rings. The van der Waals surface area contributed by atoms with Crippen LogP contribution in [0.1, 0.15) is 37.0 Å². The predicted molar refractivity (Wildman–Crippen MR) is 104 cm³/mol. The van der Waals surface area contributed by atoms with Crippen molar-refractivity contribution < 1.29 is 13.2 Å². The minimum absolute atomic E-state index is 0.287. The van der Waals surface area contributed by atoms with E-state index in [1.54, 1.807) is 30.3 Å². The fraction of sp³-hybridized carbons (Fsp3) is 0.368. The van der Waals surface area contributed by atoms with Crippen molar-refractivity contribution in [3.8, 4) is 0 Å². The molecule has 0 radical (unpaired) electrons. The average Bonchev–Trinajstić information content (AvgIpc) is 2.54. The minimum atomic E-state index is -3.47. The molecule has 0 N–H and O–H groups in total. The van der Waals surface area contributed by atoms with Crippen molar-refractivity contribution in [3.05, 3.63) is 63.1 Å². The van der Waals surface area contributed by atoms with E-state index in [4.69, 9.17) is 16.3 Å². The van der Waals surface area contributed by atoms with Crippen LogP contribution in [0.4, 0.5) is 0 Å². The van der Waals surface area contributed by atoms with Crippen LogP contribution >= 0.6 is 27.5 Å². The van der Waals surface area contributed by atoms with Crippen LogP contribution in [-0.2, 0) is 14.6 Å². The van der Waals surface area contributed by atoms with E-state index in [2.05, 4.69) is 15.9 Å². The highest BCUT2D eigenvalue weighted by Crippen LogP contribution is 2.43. The summed E-state index contributed by atoms with van der Waals surface area (Å²) in [7, 11) is -3.47. The molecule has 134 valence electrons. The standard InChI is InChI=1S/C19H20BrClO3S/c1-13-4-3-5-15(10-13)25(22,23)19(2)8-9-24-18(12-19)16-7-6-14(21)11-17(16)20/h3-7,10-11,18H,8-9,12H2,1-2H3. The van der Waals surface area contributed by atoms with Gasteiger partial charge in [-0.05, 0) is 62.1 Å². The lowest BCUT2D eigenvalue weighted by atomic mass is 9.92. The van der Waals surface area contributed by atoms with E-state index in [0.717, 1.165) is 15.6 Å². The number of rotatable bonds is 3. The van der Waals surface area contributed by atoms with Gasteiger partial charge in [-0.3, -0.25) is 0 Å². The molecule has 2 unspecified atom stereocenters. The number of sulfone groups is 1. The molecule has 2 aromatic carbocycles. The Kier molecular flexibility index (Phi) is 5.31. The molecule has 1 saturated heterocycles. The van der Waals surface area contributed by atoms with Crippen molar-refractivity contribution in [2.75, 3.05) is 6.61 Å². The maximum atomic E-state index is 13.3. The topological polar surface area (TPSA) is 43.4 Å². The molecule has 1 aliphatic heterocycles. The van der Waals surface area contributed by atoms with E-state index in [0.29, 0.717) is 29.4 Å². The van der Waals surface area contributed by atoms with Crippen molar-refractivity contribution in [1.82, 2.24) is 0 Å². The van der Waals surface area contributed by atoms with Crippen LogP contribution in [0.15, 0.2) is 51.8 Å². The van der Waals surface area contributed by atoms with Gasteiger partial charge in [-0.1, -0.05) is 45.7 Å². The molecule has 0 aromatic heterocycles. The molecule has 3 nitrogen and oxygen atoms in total. The predicted octanol–water partition coefficient (Wildman–Crippen LogP) is 5.50. The first-order valence-corrected chi connectivity index (χ1v) is 10.8. The minimum Gasteiger partial charge on any atom is -0.373 e. The molecule has 6 heteroatoms. The third kappa shape index (κ3) is 3.65. The third-order valence-electron chi connectivity index (χ3n) is 4.83. The molecule has 1 heterocycles. The quantitative estimate of drug-likeness (QED) is 0.629. The van der Waals surface area contributed by atoms with E-state index in [1.807, 2.05) is 26.0 Å². The van der Waals surface area contributed by atoms with E-state index in [-0.39, 0.29) is 6.10 Å². The summed E-state index contributed by atoms with van der Waals surface area (Å²) in [5, 5.41) is 0.626. The van der Waals surface area contributed by atoms with Crippen molar-refractivity contribution in [2.45, 2.75) is 42.4 Å². The molecule has 0 spiro atoms. The summed E-state index contributed by atoms with van der Waals surface area (Å²) in [6.45, 7) is 4.13. The highest BCUT2D eigenvalue weighted by molar-refractivity contribution is 9.10. The van der Waals surface area contributed by atoms with E-state index < -0.39 is 14.6 Å². The van der Waals surface area contributed by atoms with Crippen molar-refractivity contribution in [3.63, 3.8) is 0 Å². The van der Waals surface area contributed by atoms with Crippen molar-refractivity contribution in [2.24, 2.45) is 0 Å². The molecule has 0 amide bonds. The summed E-state index contributed by atoms with van der Waals surface area (Å²) in [4.78, 5) is 0.380. The van der Waals surface area contributed by atoms with Crippen LogP contribution < -0.4 is 0 Å². The van der Waals surface area contributed by atoms with Crippen LogP contribution in [0.2, 0.25) is 5.02 Å². The number of hydrogen-bond acceptors (Lipinski definition) is 3. The van der Waals surface area contributed by atoms with Gasteiger partial charge < -0.3 is 4.74 Å². The Balaban J connectivity index is 1.96. The summed E-state index contributed by atoms with van der Waals surface area (Å²) >= 11 is 9.52. The highest BCUT2D eigenvalue weighted by atomic mass is 79.9.